The fraction of sp³-hybridized carbons (Fsp3) is 0.521. The van der Waals surface area contributed by atoms with Crippen LogP contribution in [0.4, 0.5) is 0 Å². The van der Waals surface area contributed by atoms with E-state index in [9.17, 15) is 23.8 Å². The lowest BCUT2D eigenvalue weighted by Crippen LogP contribution is -2.34. The number of aliphatic carboxylic acids is 1. The first-order chi connectivity index (χ1) is 29.1. The van der Waals surface area contributed by atoms with Crippen molar-refractivity contribution in [3.05, 3.63) is 122 Å². The first-order valence-electron chi connectivity index (χ1n) is 21.6. The van der Waals surface area contributed by atoms with Crippen molar-refractivity contribution in [2.24, 2.45) is 5.73 Å². The van der Waals surface area contributed by atoms with Crippen LogP contribution >= 0.6 is 7.82 Å². The second-order valence-electron chi connectivity index (χ2n) is 13.7. The van der Waals surface area contributed by atoms with Crippen molar-refractivity contribution in [1.82, 2.24) is 0 Å². The summed E-state index contributed by atoms with van der Waals surface area (Å²) in [5.74, 6) is -2.61. The first kappa shape index (κ1) is 55.9. The summed E-state index contributed by atoms with van der Waals surface area (Å²) in [4.78, 5) is 45.9. The van der Waals surface area contributed by atoms with E-state index in [0.717, 1.165) is 57.8 Å². The summed E-state index contributed by atoms with van der Waals surface area (Å²) < 4.78 is 32.5. The Hall–Kier alpha value is -4.12. The van der Waals surface area contributed by atoms with E-state index in [2.05, 4.69) is 110 Å². The van der Waals surface area contributed by atoms with Crippen LogP contribution < -0.4 is 5.73 Å². The fourth-order valence-corrected chi connectivity index (χ4v) is 5.64. The first-order valence-corrected chi connectivity index (χ1v) is 23.1. The number of unbranched alkanes of at least 4 members (excludes halogenated alkanes) is 4. The van der Waals surface area contributed by atoms with Gasteiger partial charge in [-0.25, -0.2) is 4.57 Å². The lowest BCUT2D eigenvalue weighted by Gasteiger charge is -2.20. The predicted octanol–water partition coefficient (Wildman–Crippen LogP) is 11.6. The molecule has 0 amide bonds. The molecule has 3 unspecified atom stereocenters. The minimum Gasteiger partial charge on any atom is -0.480 e. The van der Waals surface area contributed by atoms with E-state index in [1.54, 1.807) is 0 Å². The highest BCUT2D eigenvalue weighted by Crippen LogP contribution is 2.43. The molecule has 0 heterocycles. The van der Waals surface area contributed by atoms with Gasteiger partial charge in [0.15, 0.2) is 6.10 Å². The van der Waals surface area contributed by atoms with Crippen LogP contribution in [0.2, 0.25) is 0 Å². The Balaban J connectivity index is 4.64. The number of phosphoric acid groups is 1. The maximum absolute atomic E-state index is 12.6. The van der Waals surface area contributed by atoms with E-state index in [1.807, 2.05) is 30.4 Å². The number of allylic oxidation sites excluding steroid dienone is 20. The standard InChI is InChI=1S/C48H74NO10P/c1-3-5-7-9-11-13-15-17-19-21-22-24-26-28-30-32-34-36-38-40-47(51)59-44(42-57-60(54,55)58-43-45(49)48(52)53)41-56-46(50)39-37-35-33-31-29-27-25-23-20-18-16-14-12-10-8-6-4-2/h5,7,11,13-14,16-17,19-20,22-24,27-30,33-36,44-45H,3-4,6,8-10,12,15,18,21,25-26,31-32,37-43,49H2,1-2H3,(H,52,53)(H,54,55)/b7-5-,13-11-,16-14-,19-17-,23-20-,24-22-,29-27-,30-28-,35-33-,36-34-. The van der Waals surface area contributed by atoms with Gasteiger partial charge in [0.05, 0.1) is 13.2 Å². The zero-order valence-electron chi connectivity index (χ0n) is 36.2. The molecule has 11 nitrogen and oxygen atoms in total. The number of rotatable bonds is 38. The molecule has 0 aliphatic heterocycles. The highest BCUT2D eigenvalue weighted by Gasteiger charge is 2.28. The summed E-state index contributed by atoms with van der Waals surface area (Å²) in [5, 5.41) is 8.89. The number of hydrogen-bond acceptors (Lipinski definition) is 9. The molecule has 0 saturated carbocycles. The van der Waals surface area contributed by atoms with E-state index < -0.39 is 57.7 Å². The number of carboxylic acid groups (broad SMARTS) is 1. The van der Waals surface area contributed by atoms with Crippen LogP contribution in [0.25, 0.3) is 0 Å². The van der Waals surface area contributed by atoms with E-state index in [4.69, 9.17) is 24.8 Å². The van der Waals surface area contributed by atoms with Gasteiger partial charge >= 0.3 is 25.7 Å². The Morgan fingerprint density at radius 2 is 0.933 bits per heavy atom. The molecule has 0 saturated heterocycles. The largest absolute Gasteiger partial charge is 0.480 e. The van der Waals surface area contributed by atoms with Crippen LogP contribution in [0.5, 0.6) is 0 Å². The van der Waals surface area contributed by atoms with Gasteiger partial charge in [0.25, 0.3) is 0 Å². The minimum absolute atomic E-state index is 0.0134. The van der Waals surface area contributed by atoms with Crippen molar-refractivity contribution in [2.45, 2.75) is 142 Å². The monoisotopic (exact) mass is 856 g/mol. The molecule has 12 heteroatoms. The zero-order valence-corrected chi connectivity index (χ0v) is 37.1. The van der Waals surface area contributed by atoms with E-state index in [-0.39, 0.29) is 12.8 Å². The average molecular weight is 856 g/mol. The van der Waals surface area contributed by atoms with Crippen molar-refractivity contribution in [3.63, 3.8) is 0 Å². The van der Waals surface area contributed by atoms with Crippen LogP contribution in [0.15, 0.2) is 122 Å². The molecular formula is C48H74NO10P. The average Bonchev–Trinajstić information content (AvgIpc) is 3.22. The third-order valence-electron chi connectivity index (χ3n) is 8.22. The van der Waals surface area contributed by atoms with Gasteiger partial charge in [-0.2, -0.15) is 0 Å². The van der Waals surface area contributed by atoms with Crippen LogP contribution in [-0.2, 0) is 37.5 Å². The smallest absolute Gasteiger partial charge is 0.472 e. The Morgan fingerprint density at radius 3 is 1.37 bits per heavy atom. The number of carbonyl (C=O) groups excluding carboxylic acids is 2. The van der Waals surface area contributed by atoms with Gasteiger partial charge in [0.1, 0.15) is 12.6 Å². The molecule has 0 aromatic heterocycles. The normalized spacial score (nSPS) is 14.9. The molecule has 0 aromatic rings. The van der Waals surface area contributed by atoms with Crippen LogP contribution in [0.1, 0.15) is 129 Å². The minimum atomic E-state index is -4.76. The Bertz CT molecular complexity index is 1470. The molecule has 0 aliphatic rings. The summed E-state index contributed by atoms with van der Waals surface area (Å²) in [6.07, 6.45) is 55.8. The molecule has 0 fully saturated rings. The topological polar surface area (TPSA) is 172 Å². The quantitative estimate of drug-likeness (QED) is 0.0233. The molecule has 0 radical (unpaired) electrons. The maximum atomic E-state index is 12.6. The van der Waals surface area contributed by atoms with Gasteiger partial charge in [0.2, 0.25) is 0 Å². The Kier molecular flexibility index (Phi) is 38.8. The van der Waals surface area contributed by atoms with Gasteiger partial charge in [-0.15, -0.1) is 0 Å². The van der Waals surface area contributed by atoms with Crippen molar-refractivity contribution in [3.8, 4) is 0 Å². The molecule has 60 heavy (non-hydrogen) atoms. The zero-order chi connectivity index (χ0) is 44.2. The number of carboxylic acids is 1. The summed E-state index contributed by atoms with van der Waals surface area (Å²) in [6, 6.07) is -1.55. The molecule has 336 valence electrons. The van der Waals surface area contributed by atoms with Gasteiger partial charge in [-0.1, -0.05) is 155 Å². The lowest BCUT2D eigenvalue weighted by atomic mass is 10.1. The van der Waals surface area contributed by atoms with Crippen LogP contribution in [0, 0.1) is 0 Å². The molecule has 0 aliphatic carbocycles. The number of nitrogens with two attached hydrogens (primary N) is 1. The Morgan fingerprint density at radius 1 is 0.533 bits per heavy atom. The summed E-state index contributed by atoms with van der Waals surface area (Å²) in [6.45, 7) is 2.49. The number of hydrogen-bond donors (Lipinski definition) is 3. The SMILES string of the molecule is CC/C=C\C/C=C\C/C=C\C/C=C\C/C=C\C/C=C\CCC(=O)OC(COC(=O)CC/C=C\C/C=C\C/C=C\C/C=C\CCCCCC)COP(=O)(O)OCC(N)C(=O)O. The second kappa shape index (κ2) is 41.6. The van der Waals surface area contributed by atoms with Gasteiger partial charge < -0.3 is 25.2 Å². The Labute approximate surface area is 360 Å². The highest BCUT2D eigenvalue weighted by molar-refractivity contribution is 7.47. The molecule has 0 bridgehead atoms. The van der Waals surface area contributed by atoms with Crippen LogP contribution in [-0.4, -0.2) is 59.9 Å². The van der Waals surface area contributed by atoms with Crippen molar-refractivity contribution in [1.29, 1.82) is 0 Å². The third-order valence-corrected chi connectivity index (χ3v) is 9.17. The van der Waals surface area contributed by atoms with Gasteiger partial charge in [-0.05, 0) is 83.5 Å². The summed E-state index contributed by atoms with van der Waals surface area (Å²) in [7, 11) is -4.76. The van der Waals surface area contributed by atoms with Gasteiger partial charge in [0, 0.05) is 12.8 Å². The van der Waals surface area contributed by atoms with E-state index in [1.165, 1.54) is 25.7 Å². The van der Waals surface area contributed by atoms with E-state index >= 15 is 0 Å². The molecule has 0 spiro atoms. The number of ether oxygens (including phenoxy) is 2. The summed E-state index contributed by atoms with van der Waals surface area (Å²) in [5.41, 5.74) is 5.32. The molecular weight excluding hydrogens is 781 g/mol. The van der Waals surface area contributed by atoms with E-state index in [0.29, 0.717) is 19.3 Å². The third kappa shape index (κ3) is 40.7. The fourth-order valence-electron chi connectivity index (χ4n) is 4.86. The lowest BCUT2D eigenvalue weighted by molar-refractivity contribution is -0.161. The molecule has 3 atom stereocenters. The van der Waals surface area contributed by atoms with Crippen LogP contribution in [0.3, 0.4) is 0 Å². The predicted molar refractivity (Wildman–Crippen MR) is 244 cm³/mol. The number of phosphoric ester groups is 1. The van der Waals surface area contributed by atoms with Crippen molar-refractivity contribution < 1.29 is 47.5 Å². The summed E-state index contributed by atoms with van der Waals surface area (Å²) >= 11 is 0. The highest BCUT2D eigenvalue weighted by atomic mass is 31.2. The molecule has 0 rings (SSSR count). The second-order valence-corrected chi connectivity index (χ2v) is 15.2. The number of esters is 2. The van der Waals surface area contributed by atoms with Crippen molar-refractivity contribution >= 4 is 25.7 Å². The van der Waals surface area contributed by atoms with Gasteiger partial charge in [-0.3, -0.25) is 23.4 Å². The number of carbonyl (C=O) groups is 3. The van der Waals surface area contributed by atoms with Crippen molar-refractivity contribution in [2.75, 3.05) is 19.8 Å². The molecule has 0 aromatic carbocycles. The molecule has 4 N–H and O–H groups in total. The maximum Gasteiger partial charge on any atom is 0.472 e.